The SMILES string of the molecule is CC(C)N[C@@H](CCC(=O)CCCOCCOCCN=[N+]=[N-])C(=O)C(C)C. The molecule has 0 aliphatic carbocycles. The minimum absolute atomic E-state index is 0.0383. The molecule has 0 aromatic rings. The van der Waals surface area contributed by atoms with Crippen molar-refractivity contribution in [3.8, 4) is 0 Å². The molecule has 8 nitrogen and oxygen atoms in total. The minimum Gasteiger partial charge on any atom is -0.379 e. The highest BCUT2D eigenvalue weighted by atomic mass is 16.5. The van der Waals surface area contributed by atoms with Gasteiger partial charge < -0.3 is 14.8 Å². The van der Waals surface area contributed by atoms with Crippen molar-refractivity contribution in [3.05, 3.63) is 10.4 Å². The van der Waals surface area contributed by atoms with Crippen LogP contribution in [0.4, 0.5) is 0 Å². The monoisotopic (exact) mass is 370 g/mol. The van der Waals surface area contributed by atoms with Crippen LogP contribution in [0.25, 0.3) is 10.4 Å². The Balaban J connectivity index is 3.80. The summed E-state index contributed by atoms with van der Waals surface area (Å²) in [4.78, 5) is 26.8. The number of carbonyl (C=O) groups is 2. The Hall–Kier alpha value is -1.47. The number of ketones is 2. The Morgan fingerprint density at radius 1 is 1.04 bits per heavy atom. The maximum Gasteiger partial charge on any atom is 0.152 e. The molecule has 0 aromatic heterocycles. The molecule has 0 radical (unpaired) electrons. The molecule has 0 heterocycles. The first-order valence-electron chi connectivity index (χ1n) is 9.36. The lowest BCUT2D eigenvalue weighted by molar-refractivity contribution is -0.124. The molecule has 0 fully saturated rings. The zero-order valence-corrected chi connectivity index (χ0v) is 16.6. The number of hydrogen-bond donors (Lipinski definition) is 1. The Labute approximate surface area is 156 Å². The number of carbonyl (C=O) groups excluding carboxylic acids is 2. The van der Waals surface area contributed by atoms with Gasteiger partial charge in [0.15, 0.2) is 5.78 Å². The lowest BCUT2D eigenvalue weighted by Gasteiger charge is -2.21. The Morgan fingerprint density at radius 3 is 2.27 bits per heavy atom. The third kappa shape index (κ3) is 13.8. The number of ether oxygens (including phenoxy) is 2. The summed E-state index contributed by atoms with van der Waals surface area (Å²) in [5.41, 5.74) is 8.10. The number of nitrogens with one attached hydrogen (secondary N) is 1. The van der Waals surface area contributed by atoms with Gasteiger partial charge in [0, 0.05) is 42.9 Å². The van der Waals surface area contributed by atoms with Crippen molar-refractivity contribution in [2.45, 2.75) is 65.5 Å². The maximum atomic E-state index is 12.2. The van der Waals surface area contributed by atoms with Crippen molar-refractivity contribution in [1.82, 2.24) is 5.32 Å². The Kier molecular flexibility index (Phi) is 14.9. The molecule has 0 spiro atoms. The molecule has 0 aliphatic heterocycles. The van der Waals surface area contributed by atoms with Crippen LogP contribution >= 0.6 is 0 Å². The first kappa shape index (κ1) is 24.5. The standard InChI is InChI=1S/C18H34N4O4/c1-14(2)18(24)17(21-15(3)4)8-7-16(23)6-5-10-25-12-13-26-11-9-20-22-19/h14-15,17,21H,5-13H2,1-4H3/t17-/m0/s1. The van der Waals surface area contributed by atoms with E-state index in [4.69, 9.17) is 15.0 Å². The number of hydrogen-bond acceptors (Lipinski definition) is 6. The van der Waals surface area contributed by atoms with Gasteiger partial charge in [-0.05, 0) is 18.4 Å². The molecule has 0 aliphatic rings. The van der Waals surface area contributed by atoms with Crippen LogP contribution in [0.5, 0.6) is 0 Å². The quantitative estimate of drug-likeness (QED) is 0.183. The van der Waals surface area contributed by atoms with Gasteiger partial charge in [-0.2, -0.15) is 0 Å². The molecular weight excluding hydrogens is 336 g/mol. The van der Waals surface area contributed by atoms with Gasteiger partial charge in [0.1, 0.15) is 5.78 Å². The molecule has 8 heteroatoms. The molecule has 1 N–H and O–H groups in total. The van der Waals surface area contributed by atoms with Crippen molar-refractivity contribution < 1.29 is 19.1 Å². The summed E-state index contributed by atoms with van der Waals surface area (Å²) in [6.45, 7) is 9.87. The van der Waals surface area contributed by atoms with Gasteiger partial charge in [0.25, 0.3) is 0 Å². The van der Waals surface area contributed by atoms with Gasteiger partial charge in [0.05, 0.1) is 25.9 Å². The van der Waals surface area contributed by atoms with E-state index in [1.165, 1.54) is 0 Å². The van der Waals surface area contributed by atoms with Gasteiger partial charge >= 0.3 is 0 Å². The number of nitrogens with zero attached hydrogens (tertiary/aromatic N) is 3. The summed E-state index contributed by atoms with van der Waals surface area (Å²) in [6.07, 6.45) is 2.08. The predicted molar refractivity (Wildman–Crippen MR) is 101 cm³/mol. The molecule has 0 amide bonds. The average molecular weight is 370 g/mol. The van der Waals surface area contributed by atoms with E-state index in [0.29, 0.717) is 58.7 Å². The van der Waals surface area contributed by atoms with Crippen LogP contribution in [0.15, 0.2) is 5.11 Å². The molecular formula is C18H34N4O4. The summed E-state index contributed by atoms with van der Waals surface area (Å²) in [5, 5.41) is 6.61. The maximum absolute atomic E-state index is 12.2. The average Bonchev–Trinajstić information content (AvgIpc) is 2.59. The molecule has 0 rings (SSSR count). The fourth-order valence-corrected chi connectivity index (χ4v) is 2.39. The van der Waals surface area contributed by atoms with Crippen molar-refractivity contribution in [2.75, 3.05) is 33.0 Å². The number of azide groups is 1. The fraction of sp³-hybridized carbons (Fsp3) is 0.889. The topological polar surface area (TPSA) is 113 Å². The third-order valence-electron chi connectivity index (χ3n) is 3.67. The summed E-state index contributed by atoms with van der Waals surface area (Å²) in [7, 11) is 0. The fourth-order valence-electron chi connectivity index (χ4n) is 2.39. The highest BCUT2D eigenvalue weighted by Crippen LogP contribution is 2.09. The van der Waals surface area contributed by atoms with E-state index < -0.39 is 0 Å². The molecule has 0 unspecified atom stereocenters. The van der Waals surface area contributed by atoms with Crippen molar-refractivity contribution in [1.29, 1.82) is 0 Å². The zero-order valence-electron chi connectivity index (χ0n) is 16.6. The van der Waals surface area contributed by atoms with Crippen LogP contribution in [0.3, 0.4) is 0 Å². The summed E-state index contributed by atoms with van der Waals surface area (Å²) in [5.74, 6) is 0.283. The number of rotatable bonds is 17. The van der Waals surface area contributed by atoms with Crippen LogP contribution in [-0.2, 0) is 19.1 Å². The second kappa shape index (κ2) is 15.8. The van der Waals surface area contributed by atoms with Crippen molar-refractivity contribution >= 4 is 11.6 Å². The van der Waals surface area contributed by atoms with Crippen molar-refractivity contribution in [3.63, 3.8) is 0 Å². The van der Waals surface area contributed by atoms with Gasteiger partial charge in [-0.15, -0.1) is 0 Å². The van der Waals surface area contributed by atoms with Gasteiger partial charge in [-0.25, -0.2) is 0 Å². The molecule has 1 atom stereocenters. The Bertz CT molecular complexity index is 448. The lowest BCUT2D eigenvalue weighted by atomic mass is 9.95. The van der Waals surface area contributed by atoms with E-state index in [-0.39, 0.29) is 29.6 Å². The van der Waals surface area contributed by atoms with Crippen LogP contribution in [0.1, 0.15) is 53.4 Å². The van der Waals surface area contributed by atoms with E-state index in [0.717, 1.165) is 0 Å². The molecule has 0 aromatic carbocycles. The second-order valence-electron chi connectivity index (χ2n) is 6.79. The smallest absolute Gasteiger partial charge is 0.152 e. The molecule has 0 saturated heterocycles. The highest BCUT2D eigenvalue weighted by Gasteiger charge is 2.22. The van der Waals surface area contributed by atoms with E-state index in [1.54, 1.807) is 0 Å². The van der Waals surface area contributed by atoms with Crippen LogP contribution < -0.4 is 5.32 Å². The predicted octanol–water partition coefficient (Wildman–Crippen LogP) is 3.05. The van der Waals surface area contributed by atoms with Gasteiger partial charge in [0.2, 0.25) is 0 Å². The van der Waals surface area contributed by atoms with Gasteiger partial charge in [-0.3, -0.25) is 9.59 Å². The zero-order chi connectivity index (χ0) is 19.8. The Morgan fingerprint density at radius 2 is 1.69 bits per heavy atom. The third-order valence-corrected chi connectivity index (χ3v) is 3.67. The lowest BCUT2D eigenvalue weighted by Crippen LogP contribution is -2.43. The normalized spacial score (nSPS) is 12.2. The van der Waals surface area contributed by atoms with Gasteiger partial charge in [-0.1, -0.05) is 32.8 Å². The van der Waals surface area contributed by atoms with E-state index in [9.17, 15) is 9.59 Å². The molecule has 26 heavy (non-hydrogen) atoms. The van der Waals surface area contributed by atoms with Crippen LogP contribution in [-0.4, -0.2) is 56.6 Å². The van der Waals surface area contributed by atoms with Crippen LogP contribution in [0, 0.1) is 5.92 Å². The van der Waals surface area contributed by atoms with E-state index >= 15 is 0 Å². The molecule has 0 bridgehead atoms. The van der Waals surface area contributed by atoms with Crippen LogP contribution in [0.2, 0.25) is 0 Å². The van der Waals surface area contributed by atoms with E-state index in [2.05, 4.69) is 15.3 Å². The molecule has 150 valence electrons. The highest BCUT2D eigenvalue weighted by molar-refractivity contribution is 5.86. The summed E-state index contributed by atoms with van der Waals surface area (Å²) >= 11 is 0. The second-order valence-corrected chi connectivity index (χ2v) is 6.79. The summed E-state index contributed by atoms with van der Waals surface area (Å²) < 4.78 is 10.6. The van der Waals surface area contributed by atoms with E-state index in [1.807, 2.05) is 27.7 Å². The molecule has 0 saturated carbocycles. The largest absolute Gasteiger partial charge is 0.379 e. The first-order chi connectivity index (χ1) is 12.4. The minimum atomic E-state index is -0.252. The first-order valence-corrected chi connectivity index (χ1v) is 9.36. The number of Topliss-reactive ketones (excluding diaryl/α,β-unsaturated/α-hetero) is 2. The summed E-state index contributed by atoms with van der Waals surface area (Å²) in [6, 6.07) is -0.0437. The van der Waals surface area contributed by atoms with Crippen molar-refractivity contribution in [2.24, 2.45) is 11.0 Å².